The molecule has 0 unspecified atom stereocenters. The van der Waals surface area contributed by atoms with E-state index >= 15 is 0 Å². The summed E-state index contributed by atoms with van der Waals surface area (Å²) < 4.78 is 33.5. The van der Waals surface area contributed by atoms with Crippen LogP contribution in [0.15, 0.2) is 50.3 Å². The van der Waals surface area contributed by atoms with E-state index in [1.165, 1.54) is 15.6 Å². The number of sulfonamides is 1. The van der Waals surface area contributed by atoms with Crippen molar-refractivity contribution in [3.63, 3.8) is 0 Å². The fraction of sp³-hybridized carbons (Fsp3) is 0.316. The first-order valence-electron chi connectivity index (χ1n) is 9.38. The number of hydrogen-bond acceptors (Lipinski definition) is 7. The summed E-state index contributed by atoms with van der Waals surface area (Å²) in [5, 5.41) is 6.68. The first-order valence-corrected chi connectivity index (χ1v) is 11.7. The van der Waals surface area contributed by atoms with Gasteiger partial charge in [0.25, 0.3) is 0 Å². The molecular weight excluding hydrogens is 426 g/mol. The van der Waals surface area contributed by atoms with Gasteiger partial charge in [-0.05, 0) is 36.3 Å². The zero-order valence-corrected chi connectivity index (χ0v) is 17.8. The van der Waals surface area contributed by atoms with Gasteiger partial charge in [0.2, 0.25) is 10.0 Å². The molecule has 11 heteroatoms. The molecule has 30 heavy (non-hydrogen) atoms. The topological polar surface area (TPSA) is 109 Å². The largest absolute Gasteiger partial charge is 0.361 e. The number of amides is 2. The first kappa shape index (κ1) is 19.2. The molecule has 9 nitrogen and oxygen atoms in total. The molecule has 1 aromatic carbocycles. The lowest BCUT2D eigenvalue weighted by atomic mass is 10.2. The number of thiazole rings is 1. The molecule has 4 heterocycles. The van der Waals surface area contributed by atoms with Crippen molar-refractivity contribution < 1.29 is 17.7 Å². The van der Waals surface area contributed by atoms with Gasteiger partial charge < -0.3 is 14.7 Å². The van der Waals surface area contributed by atoms with Gasteiger partial charge in [0.05, 0.1) is 27.2 Å². The summed E-state index contributed by atoms with van der Waals surface area (Å²) >= 11 is 1.42. The van der Waals surface area contributed by atoms with Crippen molar-refractivity contribution in [2.45, 2.75) is 18.4 Å². The van der Waals surface area contributed by atoms with E-state index in [4.69, 9.17) is 4.52 Å². The molecule has 0 aliphatic carbocycles. The van der Waals surface area contributed by atoms with Gasteiger partial charge in [-0.2, -0.15) is 4.31 Å². The molecule has 1 N–H and O–H groups in total. The highest BCUT2D eigenvalue weighted by Crippen LogP contribution is 2.31. The summed E-state index contributed by atoms with van der Waals surface area (Å²) in [6.07, 6.45) is 0. The van der Waals surface area contributed by atoms with Crippen LogP contribution in [0.4, 0.5) is 4.79 Å². The Kier molecular flexibility index (Phi) is 4.60. The summed E-state index contributed by atoms with van der Waals surface area (Å²) in [5.74, 6) is 0.692. The van der Waals surface area contributed by atoms with Gasteiger partial charge in [0.15, 0.2) is 0 Å². The number of fused-ring (bicyclic) bond motifs is 1. The fourth-order valence-corrected chi connectivity index (χ4v) is 6.03. The molecule has 2 aliphatic heterocycles. The zero-order chi connectivity index (χ0) is 20.9. The van der Waals surface area contributed by atoms with Gasteiger partial charge in [0.1, 0.15) is 11.5 Å². The second kappa shape index (κ2) is 7.18. The van der Waals surface area contributed by atoms with Crippen LogP contribution in [0, 0.1) is 6.92 Å². The van der Waals surface area contributed by atoms with Crippen LogP contribution in [0.5, 0.6) is 0 Å². The predicted molar refractivity (Wildman–Crippen MR) is 110 cm³/mol. The Bertz CT molecular complexity index is 1260. The molecule has 2 aromatic heterocycles. The number of rotatable bonds is 4. The molecule has 2 amide bonds. The van der Waals surface area contributed by atoms with Crippen molar-refractivity contribution in [2.75, 3.05) is 26.2 Å². The van der Waals surface area contributed by atoms with E-state index in [1.54, 1.807) is 41.6 Å². The van der Waals surface area contributed by atoms with Crippen molar-refractivity contribution in [1.29, 1.82) is 0 Å². The first-order chi connectivity index (χ1) is 14.4. The highest BCUT2D eigenvalue weighted by atomic mass is 32.2. The zero-order valence-electron chi connectivity index (χ0n) is 16.2. The monoisotopic (exact) mass is 445 g/mol. The van der Waals surface area contributed by atoms with Crippen LogP contribution < -0.4 is 5.32 Å². The normalized spacial score (nSPS) is 17.2. The van der Waals surface area contributed by atoms with Crippen LogP contribution in [0.1, 0.15) is 11.5 Å². The van der Waals surface area contributed by atoms with E-state index in [0.29, 0.717) is 37.6 Å². The van der Waals surface area contributed by atoms with Crippen molar-refractivity contribution in [1.82, 2.24) is 24.7 Å². The van der Waals surface area contributed by atoms with E-state index in [0.717, 1.165) is 21.4 Å². The molecule has 5 rings (SSSR count). The van der Waals surface area contributed by atoms with Gasteiger partial charge in [-0.15, -0.1) is 11.3 Å². The van der Waals surface area contributed by atoms with Crippen LogP contribution in [0.25, 0.3) is 10.2 Å². The molecule has 0 fully saturated rings. The molecule has 3 aromatic rings. The van der Waals surface area contributed by atoms with Crippen molar-refractivity contribution in [3.05, 3.63) is 52.4 Å². The highest BCUT2D eigenvalue weighted by molar-refractivity contribution is 7.89. The third kappa shape index (κ3) is 3.38. The lowest BCUT2D eigenvalue weighted by molar-refractivity contribution is 0.207. The van der Waals surface area contributed by atoms with Gasteiger partial charge >= 0.3 is 6.03 Å². The average Bonchev–Trinajstić information content (AvgIpc) is 3.48. The quantitative estimate of drug-likeness (QED) is 0.616. The molecule has 156 valence electrons. The van der Waals surface area contributed by atoms with Crippen LogP contribution in [-0.2, 0) is 16.6 Å². The molecule has 2 aliphatic rings. The lowest BCUT2D eigenvalue weighted by Gasteiger charge is -2.23. The summed E-state index contributed by atoms with van der Waals surface area (Å²) in [6.45, 7) is 3.56. The van der Waals surface area contributed by atoms with E-state index in [9.17, 15) is 13.2 Å². The molecular formula is C19H19N5O4S2. The molecule has 0 saturated heterocycles. The SMILES string of the molecule is Cc1cc(CNC(=O)N2CC3=C(C2)CN(S(=O)(=O)c2ccc4ncsc4c2)C3)no1. The van der Waals surface area contributed by atoms with E-state index < -0.39 is 10.0 Å². The number of nitrogens with one attached hydrogen (secondary N) is 1. The van der Waals surface area contributed by atoms with Crippen molar-refractivity contribution >= 4 is 37.6 Å². The summed E-state index contributed by atoms with van der Waals surface area (Å²) in [6, 6.07) is 6.59. The molecule has 0 spiro atoms. The lowest BCUT2D eigenvalue weighted by Crippen LogP contribution is -2.41. The number of nitrogens with zero attached hydrogens (tertiary/aromatic N) is 4. The van der Waals surface area contributed by atoms with Gasteiger partial charge in [-0.25, -0.2) is 18.2 Å². The minimum absolute atomic E-state index is 0.199. The fourth-order valence-electron chi connectivity index (χ4n) is 3.78. The van der Waals surface area contributed by atoms with Gasteiger partial charge in [-0.3, -0.25) is 0 Å². The Labute approximate surface area is 177 Å². The van der Waals surface area contributed by atoms with Crippen LogP contribution in [-0.4, -0.2) is 60.0 Å². The number of benzene rings is 1. The number of carbonyl (C=O) groups is 1. The smallest absolute Gasteiger partial charge is 0.318 e. The van der Waals surface area contributed by atoms with Crippen LogP contribution in [0.2, 0.25) is 0 Å². The molecule has 0 atom stereocenters. The number of urea groups is 1. The molecule has 0 radical (unpaired) electrons. The number of hydrogen-bond donors (Lipinski definition) is 1. The Hall–Kier alpha value is -2.76. The van der Waals surface area contributed by atoms with Gasteiger partial charge in [0, 0.05) is 32.2 Å². The molecule has 0 bridgehead atoms. The Morgan fingerprint density at radius 2 is 1.97 bits per heavy atom. The number of carbonyl (C=O) groups excluding carboxylic acids is 1. The highest BCUT2D eigenvalue weighted by Gasteiger charge is 2.37. The minimum Gasteiger partial charge on any atom is -0.361 e. The third-order valence-corrected chi connectivity index (χ3v) is 7.90. The summed E-state index contributed by atoms with van der Waals surface area (Å²) in [7, 11) is -3.60. The Morgan fingerprint density at radius 1 is 1.20 bits per heavy atom. The standard InChI is InChI=1S/C19H19N5O4S2/c1-12-4-15(22-28-12)6-20-19(25)23-7-13-9-24(10-14(13)8-23)30(26,27)16-2-3-17-18(5-16)29-11-21-17/h2-5,11H,6-10H2,1H3,(H,20,25). The summed E-state index contributed by atoms with van der Waals surface area (Å²) in [5.41, 5.74) is 5.14. The summed E-state index contributed by atoms with van der Waals surface area (Å²) in [4.78, 5) is 18.6. The van der Waals surface area contributed by atoms with Crippen LogP contribution >= 0.6 is 11.3 Å². The van der Waals surface area contributed by atoms with E-state index in [1.807, 2.05) is 0 Å². The minimum atomic E-state index is -3.60. The Balaban J connectivity index is 1.21. The van der Waals surface area contributed by atoms with Crippen LogP contribution in [0.3, 0.4) is 0 Å². The Morgan fingerprint density at radius 3 is 2.67 bits per heavy atom. The van der Waals surface area contributed by atoms with Gasteiger partial charge in [-0.1, -0.05) is 5.16 Å². The van der Waals surface area contributed by atoms with E-state index in [-0.39, 0.29) is 17.5 Å². The van der Waals surface area contributed by atoms with E-state index in [2.05, 4.69) is 15.5 Å². The maximum atomic E-state index is 13.1. The second-order valence-corrected chi connectivity index (χ2v) is 10.2. The molecule has 0 saturated carbocycles. The number of aryl methyl sites for hydroxylation is 1. The third-order valence-electron chi connectivity index (χ3n) is 5.32. The predicted octanol–water partition coefficient (Wildman–Crippen LogP) is 2.12. The van der Waals surface area contributed by atoms with Crippen molar-refractivity contribution in [2.24, 2.45) is 0 Å². The number of aromatic nitrogens is 2. The average molecular weight is 446 g/mol. The second-order valence-electron chi connectivity index (χ2n) is 7.41. The van der Waals surface area contributed by atoms with Crippen molar-refractivity contribution in [3.8, 4) is 0 Å². The maximum absolute atomic E-state index is 13.1. The maximum Gasteiger partial charge on any atom is 0.318 e.